The first-order valence-electron chi connectivity index (χ1n) is 7.03. The number of rotatable bonds is 5. The standard InChI is InChI=1S/C17H21BrN2/c1-4-8-20-17(15-11-19-9-7-13(15)3)14-6-5-12(2)10-16(14)18/h5-7,9-11,17,20H,4,8H2,1-3H3. The molecule has 1 atom stereocenters. The van der Waals surface area contributed by atoms with Gasteiger partial charge in [-0.2, -0.15) is 0 Å². The Morgan fingerprint density at radius 2 is 2.00 bits per heavy atom. The molecule has 1 aromatic carbocycles. The molecular weight excluding hydrogens is 312 g/mol. The van der Waals surface area contributed by atoms with Gasteiger partial charge in [-0.05, 0) is 61.2 Å². The van der Waals surface area contributed by atoms with E-state index < -0.39 is 0 Å². The van der Waals surface area contributed by atoms with Gasteiger partial charge < -0.3 is 5.32 Å². The summed E-state index contributed by atoms with van der Waals surface area (Å²) in [5.74, 6) is 0. The molecule has 0 saturated carbocycles. The van der Waals surface area contributed by atoms with Crippen molar-refractivity contribution in [1.29, 1.82) is 0 Å². The smallest absolute Gasteiger partial charge is 0.0605 e. The Balaban J connectivity index is 2.44. The molecule has 0 fully saturated rings. The summed E-state index contributed by atoms with van der Waals surface area (Å²) >= 11 is 3.70. The van der Waals surface area contributed by atoms with Gasteiger partial charge in [0.15, 0.2) is 0 Å². The average molecular weight is 333 g/mol. The van der Waals surface area contributed by atoms with Crippen molar-refractivity contribution in [3.63, 3.8) is 0 Å². The van der Waals surface area contributed by atoms with Crippen LogP contribution in [-0.4, -0.2) is 11.5 Å². The second-order valence-electron chi connectivity index (χ2n) is 5.14. The maximum atomic E-state index is 4.29. The third-order valence-corrected chi connectivity index (χ3v) is 4.14. The molecule has 1 N–H and O–H groups in total. The SMILES string of the molecule is CCCNC(c1cnccc1C)c1ccc(C)cc1Br. The van der Waals surface area contributed by atoms with Crippen LogP contribution < -0.4 is 5.32 Å². The van der Waals surface area contributed by atoms with Crippen molar-refractivity contribution in [3.05, 3.63) is 63.4 Å². The highest BCUT2D eigenvalue weighted by atomic mass is 79.9. The molecule has 20 heavy (non-hydrogen) atoms. The maximum absolute atomic E-state index is 4.29. The van der Waals surface area contributed by atoms with Gasteiger partial charge in [0.05, 0.1) is 6.04 Å². The minimum atomic E-state index is 0.179. The van der Waals surface area contributed by atoms with Crippen LogP contribution >= 0.6 is 15.9 Å². The molecule has 2 nitrogen and oxygen atoms in total. The van der Waals surface area contributed by atoms with Crippen LogP contribution in [0, 0.1) is 13.8 Å². The van der Waals surface area contributed by atoms with Crippen molar-refractivity contribution >= 4 is 15.9 Å². The van der Waals surface area contributed by atoms with Crippen LogP contribution in [0.2, 0.25) is 0 Å². The first kappa shape index (κ1) is 15.2. The summed E-state index contributed by atoms with van der Waals surface area (Å²) < 4.78 is 1.15. The highest BCUT2D eigenvalue weighted by Crippen LogP contribution is 2.30. The van der Waals surface area contributed by atoms with Crippen LogP contribution in [0.15, 0.2) is 41.1 Å². The monoisotopic (exact) mass is 332 g/mol. The van der Waals surface area contributed by atoms with Crippen molar-refractivity contribution in [3.8, 4) is 0 Å². The third kappa shape index (κ3) is 3.47. The zero-order valence-electron chi connectivity index (χ0n) is 12.3. The Morgan fingerprint density at radius 3 is 2.65 bits per heavy atom. The first-order valence-corrected chi connectivity index (χ1v) is 7.82. The van der Waals surface area contributed by atoms with E-state index >= 15 is 0 Å². The van der Waals surface area contributed by atoms with Crippen molar-refractivity contribution in [1.82, 2.24) is 10.3 Å². The van der Waals surface area contributed by atoms with E-state index in [1.807, 2.05) is 12.4 Å². The number of hydrogen-bond acceptors (Lipinski definition) is 2. The van der Waals surface area contributed by atoms with Crippen LogP contribution in [-0.2, 0) is 0 Å². The van der Waals surface area contributed by atoms with E-state index in [9.17, 15) is 0 Å². The van der Waals surface area contributed by atoms with Crippen molar-refractivity contribution in [2.75, 3.05) is 6.54 Å². The average Bonchev–Trinajstić information content (AvgIpc) is 2.42. The second-order valence-corrected chi connectivity index (χ2v) is 6.00. The van der Waals surface area contributed by atoms with E-state index in [1.54, 1.807) is 0 Å². The molecule has 0 aliphatic heterocycles. The van der Waals surface area contributed by atoms with Crippen molar-refractivity contribution in [2.45, 2.75) is 33.2 Å². The van der Waals surface area contributed by atoms with E-state index in [-0.39, 0.29) is 6.04 Å². The summed E-state index contributed by atoms with van der Waals surface area (Å²) in [6.45, 7) is 7.42. The lowest BCUT2D eigenvalue weighted by Gasteiger charge is -2.22. The molecule has 1 heterocycles. The predicted octanol–water partition coefficient (Wildman–Crippen LogP) is 4.55. The van der Waals surface area contributed by atoms with Gasteiger partial charge in [0.2, 0.25) is 0 Å². The third-order valence-electron chi connectivity index (χ3n) is 3.46. The lowest BCUT2D eigenvalue weighted by Crippen LogP contribution is -2.24. The fraction of sp³-hybridized carbons (Fsp3) is 0.353. The van der Waals surface area contributed by atoms with Gasteiger partial charge in [-0.1, -0.05) is 35.0 Å². The number of nitrogens with one attached hydrogen (secondary N) is 1. The van der Waals surface area contributed by atoms with Crippen molar-refractivity contribution in [2.24, 2.45) is 0 Å². The molecule has 0 amide bonds. The highest BCUT2D eigenvalue weighted by Gasteiger charge is 2.18. The van der Waals surface area contributed by atoms with E-state index in [4.69, 9.17) is 0 Å². The quantitative estimate of drug-likeness (QED) is 0.868. The number of benzene rings is 1. The molecule has 106 valence electrons. The Bertz CT molecular complexity index is 581. The minimum Gasteiger partial charge on any atom is -0.306 e. The largest absolute Gasteiger partial charge is 0.306 e. The normalized spacial score (nSPS) is 12.4. The first-order chi connectivity index (χ1) is 9.63. The summed E-state index contributed by atoms with van der Waals surface area (Å²) in [7, 11) is 0. The molecule has 2 aromatic rings. The molecule has 1 aromatic heterocycles. The van der Waals surface area contributed by atoms with Gasteiger partial charge in [0, 0.05) is 16.9 Å². The Kier molecular flexibility index (Phi) is 5.32. The number of pyridine rings is 1. The van der Waals surface area contributed by atoms with Gasteiger partial charge in [0.25, 0.3) is 0 Å². The van der Waals surface area contributed by atoms with Gasteiger partial charge in [0.1, 0.15) is 0 Å². The summed E-state index contributed by atoms with van der Waals surface area (Å²) in [6.07, 6.45) is 4.92. The van der Waals surface area contributed by atoms with Crippen LogP contribution in [0.3, 0.4) is 0 Å². The fourth-order valence-electron chi connectivity index (χ4n) is 2.32. The molecular formula is C17H21BrN2. The molecule has 0 spiro atoms. The lowest BCUT2D eigenvalue weighted by molar-refractivity contribution is 0.593. The molecule has 0 aliphatic rings. The molecule has 0 aliphatic carbocycles. The number of nitrogens with zero attached hydrogens (tertiary/aromatic N) is 1. The topological polar surface area (TPSA) is 24.9 Å². The molecule has 1 unspecified atom stereocenters. The number of hydrogen-bond donors (Lipinski definition) is 1. The van der Waals surface area contributed by atoms with E-state index in [2.05, 4.69) is 71.3 Å². The number of halogens is 1. The highest BCUT2D eigenvalue weighted by molar-refractivity contribution is 9.10. The molecule has 0 radical (unpaired) electrons. The van der Waals surface area contributed by atoms with Gasteiger partial charge >= 0.3 is 0 Å². The minimum absolute atomic E-state index is 0.179. The van der Waals surface area contributed by atoms with Gasteiger partial charge in [-0.25, -0.2) is 0 Å². The second kappa shape index (κ2) is 7.00. The predicted molar refractivity (Wildman–Crippen MR) is 88.0 cm³/mol. The summed E-state index contributed by atoms with van der Waals surface area (Å²) in [5, 5.41) is 3.63. The Labute approximate surface area is 129 Å². The van der Waals surface area contributed by atoms with Crippen LogP contribution in [0.1, 0.15) is 41.6 Å². The zero-order chi connectivity index (χ0) is 14.5. The van der Waals surface area contributed by atoms with Crippen LogP contribution in [0.25, 0.3) is 0 Å². The summed E-state index contributed by atoms with van der Waals surface area (Å²) in [5.41, 5.74) is 5.03. The summed E-state index contributed by atoms with van der Waals surface area (Å²) in [6, 6.07) is 8.77. The van der Waals surface area contributed by atoms with Crippen LogP contribution in [0.4, 0.5) is 0 Å². The molecule has 0 saturated heterocycles. The van der Waals surface area contributed by atoms with E-state index in [1.165, 1.54) is 22.3 Å². The zero-order valence-corrected chi connectivity index (χ0v) is 13.9. The molecule has 3 heteroatoms. The van der Waals surface area contributed by atoms with Gasteiger partial charge in [-0.3, -0.25) is 4.98 Å². The van der Waals surface area contributed by atoms with E-state index in [0.717, 1.165) is 17.4 Å². The molecule has 2 rings (SSSR count). The van der Waals surface area contributed by atoms with Gasteiger partial charge in [-0.15, -0.1) is 0 Å². The van der Waals surface area contributed by atoms with Crippen LogP contribution in [0.5, 0.6) is 0 Å². The Hall–Kier alpha value is -1.19. The number of aromatic nitrogens is 1. The maximum Gasteiger partial charge on any atom is 0.0605 e. The Morgan fingerprint density at radius 1 is 1.20 bits per heavy atom. The van der Waals surface area contributed by atoms with E-state index in [0.29, 0.717) is 0 Å². The lowest BCUT2D eigenvalue weighted by atomic mass is 9.96. The van der Waals surface area contributed by atoms with Crippen molar-refractivity contribution < 1.29 is 0 Å². The fourth-order valence-corrected chi connectivity index (χ4v) is 3.04. The summed E-state index contributed by atoms with van der Waals surface area (Å²) in [4.78, 5) is 4.29. The molecule has 0 bridgehead atoms. The number of aryl methyl sites for hydroxylation is 2.